The summed E-state index contributed by atoms with van der Waals surface area (Å²) < 4.78 is 7.21. The zero-order chi connectivity index (χ0) is 21.4. The summed E-state index contributed by atoms with van der Waals surface area (Å²) in [5, 5.41) is 8.49. The maximum absolute atomic E-state index is 12.9. The molecule has 1 saturated carbocycles. The molecule has 9 nitrogen and oxygen atoms in total. The number of nitrogens with zero attached hydrogens (tertiary/aromatic N) is 6. The summed E-state index contributed by atoms with van der Waals surface area (Å²) in [7, 11) is 0. The largest absolute Gasteiger partial charge is 0.378 e. The van der Waals surface area contributed by atoms with E-state index in [1.807, 2.05) is 22.6 Å². The van der Waals surface area contributed by atoms with Crippen LogP contribution in [0, 0.1) is 12.3 Å². The molecule has 1 spiro atoms. The van der Waals surface area contributed by atoms with Crippen LogP contribution in [-0.4, -0.2) is 81.0 Å². The molecular weight excluding hydrogens is 396 g/mol. The van der Waals surface area contributed by atoms with Crippen molar-refractivity contribution in [3.05, 3.63) is 41.5 Å². The Morgan fingerprint density at radius 1 is 1.06 bits per heavy atom. The van der Waals surface area contributed by atoms with E-state index in [2.05, 4.69) is 15.3 Å². The van der Waals surface area contributed by atoms with Gasteiger partial charge in [0, 0.05) is 43.6 Å². The van der Waals surface area contributed by atoms with Gasteiger partial charge in [0.15, 0.2) is 5.69 Å². The number of rotatable bonds is 3. The monoisotopic (exact) mass is 424 g/mol. The molecule has 2 aromatic rings. The highest BCUT2D eigenvalue weighted by Gasteiger charge is 2.50. The third-order valence-corrected chi connectivity index (χ3v) is 7.16. The summed E-state index contributed by atoms with van der Waals surface area (Å²) >= 11 is 0. The van der Waals surface area contributed by atoms with Gasteiger partial charge in [-0.2, -0.15) is 0 Å². The molecule has 0 N–H and O–H groups in total. The number of aromatic nitrogens is 4. The molecule has 9 heteroatoms. The molecule has 2 aliphatic heterocycles. The molecule has 164 valence electrons. The molecule has 0 radical (unpaired) electrons. The van der Waals surface area contributed by atoms with Crippen LogP contribution in [-0.2, 0) is 4.74 Å². The van der Waals surface area contributed by atoms with Crippen LogP contribution < -0.4 is 0 Å². The molecule has 2 saturated heterocycles. The molecule has 4 heterocycles. The summed E-state index contributed by atoms with van der Waals surface area (Å²) in [5.74, 6) is 0.00589. The zero-order valence-corrected chi connectivity index (χ0v) is 17.9. The molecule has 3 fully saturated rings. The van der Waals surface area contributed by atoms with Gasteiger partial charge in [-0.25, -0.2) is 4.68 Å². The Kier molecular flexibility index (Phi) is 5.21. The Bertz CT molecular complexity index is 975. The van der Waals surface area contributed by atoms with E-state index in [1.165, 1.54) is 0 Å². The number of pyridine rings is 1. The number of carbonyl (C=O) groups excluding carboxylic acids is 2. The molecule has 2 amide bonds. The van der Waals surface area contributed by atoms with E-state index >= 15 is 0 Å². The normalized spacial score (nSPS) is 22.9. The van der Waals surface area contributed by atoms with Crippen LogP contribution in [0.4, 0.5) is 0 Å². The van der Waals surface area contributed by atoms with E-state index in [-0.39, 0.29) is 23.3 Å². The summed E-state index contributed by atoms with van der Waals surface area (Å²) in [6.07, 6.45) is 7.55. The minimum Gasteiger partial charge on any atom is -0.378 e. The first-order valence-electron chi connectivity index (χ1n) is 11.1. The fourth-order valence-electron chi connectivity index (χ4n) is 5.15. The van der Waals surface area contributed by atoms with Crippen LogP contribution in [0.3, 0.4) is 0 Å². The molecule has 3 aliphatic rings. The van der Waals surface area contributed by atoms with Gasteiger partial charge < -0.3 is 14.5 Å². The third-order valence-electron chi connectivity index (χ3n) is 7.16. The highest BCUT2D eigenvalue weighted by atomic mass is 16.5. The average molecular weight is 425 g/mol. The van der Waals surface area contributed by atoms with Gasteiger partial charge in [-0.15, -0.1) is 5.10 Å². The maximum Gasteiger partial charge on any atom is 0.276 e. The number of hydrogen-bond acceptors (Lipinski definition) is 6. The van der Waals surface area contributed by atoms with Gasteiger partial charge in [-0.1, -0.05) is 5.21 Å². The van der Waals surface area contributed by atoms with E-state index < -0.39 is 0 Å². The predicted molar refractivity (Wildman–Crippen MR) is 112 cm³/mol. The molecule has 2 aromatic heterocycles. The van der Waals surface area contributed by atoms with Gasteiger partial charge in [0.1, 0.15) is 0 Å². The number of carbonyl (C=O) groups is 2. The predicted octanol–water partition coefficient (Wildman–Crippen LogP) is 1.71. The fraction of sp³-hybridized carbons (Fsp3) is 0.591. The Labute approximate surface area is 181 Å². The fourth-order valence-corrected chi connectivity index (χ4v) is 5.15. The number of likely N-dealkylation sites (tertiary alicyclic amines) is 1. The minimum atomic E-state index is -0.0732. The first kappa shape index (κ1) is 20.1. The Morgan fingerprint density at radius 2 is 1.81 bits per heavy atom. The molecule has 1 unspecified atom stereocenters. The first-order chi connectivity index (χ1) is 15.1. The van der Waals surface area contributed by atoms with Crippen molar-refractivity contribution in [2.45, 2.75) is 38.6 Å². The lowest BCUT2D eigenvalue weighted by Crippen LogP contribution is -2.51. The standard InChI is InChI=1S/C22H28N6O3/c1-16-14-17(3-7-23-16)20(29)26-8-5-22(6-9-26)4-2-19(22)28-15-18(24-25-28)21(30)27-10-12-31-13-11-27/h3,7,14-15,19H,2,4-6,8-13H2,1H3. The van der Waals surface area contributed by atoms with Gasteiger partial charge in [0.05, 0.1) is 25.5 Å². The van der Waals surface area contributed by atoms with Crippen LogP contribution in [0.5, 0.6) is 0 Å². The van der Waals surface area contributed by atoms with Gasteiger partial charge in [-0.3, -0.25) is 14.6 Å². The van der Waals surface area contributed by atoms with Crippen molar-refractivity contribution in [2.75, 3.05) is 39.4 Å². The molecule has 1 aliphatic carbocycles. The van der Waals surface area contributed by atoms with Crippen LogP contribution in [0.2, 0.25) is 0 Å². The number of ether oxygens (including phenoxy) is 1. The van der Waals surface area contributed by atoms with E-state index in [9.17, 15) is 9.59 Å². The topological polar surface area (TPSA) is 93.5 Å². The summed E-state index contributed by atoms with van der Waals surface area (Å²) in [6, 6.07) is 3.88. The molecule has 0 bridgehead atoms. The van der Waals surface area contributed by atoms with E-state index in [0.29, 0.717) is 37.6 Å². The summed E-state index contributed by atoms with van der Waals surface area (Å²) in [5.41, 5.74) is 2.10. The smallest absolute Gasteiger partial charge is 0.276 e. The molecule has 5 rings (SSSR count). The van der Waals surface area contributed by atoms with Crippen LogP contribution in [0.1, 0.15) is 58.3 Å². The highest BCUT2D eigenvalue weighted by molar-refractivity contribution is 5.94. The van der Waals surface area contributed by atoms with Crippen LogP contribution in [0.15, 0.2) is 24.5 Å². The Hall–Kier alpha value is -2.81. The van der Waals surface area contributed by atoms with Crippen molar-refractivity contribution in [2.24, 2.45) is 5.41 Å². The van der Waals surface area contributed by atoms with Gasteiger partial charge in [0.25, 0.3) is 11.8 Å². The Balaban J connectivity index is 1.23. The highest BCUT2D eigenvalue weighted by Crippen LogP contribution is 2.56. The molecule has 1 atom stereocenters. The SMILES string of the molecule is Cc1cc(C(=O)N2CCC3(CCC3n3cc(C(=O)N4CCOCC4)nn3)CC2)ccn1. The van der Waals surface area contributed by atoms with Crippen molar-refractivity contribution < 1.29 is 14.3 Å². The number of amides is 2. The first-order valence-corrected chi connectivity index (χ1v) is 11.1. The van der Waals surface area contributed by atoms with Gasteiger partial charge in [-0.05, 0) is 50.2 Å². The maximum atomic E-state index is 12.9. The van der Waals surface area contributed by atoms with E-state index in [4.69, 9.17) is 4.74 Å². The van der Waals surface area contributed by atoms with Crippen molar-refractivity contribution >= 4 is 11.8 Å². The van der Waals surface area contributed by atoms with Crippen molar-refractivity contribution in [1.29, 1.82) is 0 Å². The van der Waals surface area contributed by atoms with Gasteiger partial charge in [0.2, 0.25) is 0 Å². The average Bonchev–Trinajstić information content (AvgIpc) is 3.27. The molecular formula is C22H28N6O3. The lowest BCUT2D eigenvalue weighted by Gasteiger charge is -2.53. The summed E-state index contributed by atoms with van der Waals surface area (Å²) in [6.45, 7) is 5.71. The van der Waals surface area contributed by atoms with E-state index in [0.717, 1.165) is 44.5 Å². The van der Waals surface area contributed by atoms with Crippen LogP contribution in [0.25, 0.3) is 0 Å². The Morgan fingerprint density at radius 3 is 2.48 bits per heavy atom. The second kappa shape index (κ2) is 8.03. The van der Waals surface area contributed by atoms with Crippen molar-refractivity contribution in [1.82, 2.24) is 29.8 Å². The lowest BCUT2D eigenvalue weighted by molar-refractivity contribution is -0.0268. The summed E-state index contributed by atoms with van der Waals surface area (Å²) in [4.78, 5) is 33.5. The quantitative estimate of drug-likeness (QED) is 0.745. The third kappa shape index (κ3) is 3.71. The number of morpholine rings is 1. The zero-order valence-electron chi connectivity index (χ0n) is 17.9. The number of piperidine rings is 1. The van der Waals surface area contributed by atoms with Crippen LogP contribution >= 0.6 is 0 Å². The van der Waals surface area contributed by atoms with Gasteiger partial charge >= 0.3 is 0 Å². The van der Waals surface area contributed by atoms with E-state index in [1.54, 1.807) is 23.4 Å². The second-order valence-corrected chi connectivity index (χ2v) is 8.88. The molecule has 31 heavy (non-hydrogen) atoms. The number of aryl methyl sites for hydroxylation is 1. The second-order valence-electron chi connectivity index (χ2n) is 8.88. The van der Waals surface area contributed by atoms with Crippen molar-refractivity contribution in [3.8, 4) is 0 Å². The number of hydrogen-bond donors (Lipinski definition) is 0. The minimum absolute atomic E-state index is 0.0732. The lowest BCUT2D eigenvalue weighted by atomic mass is 9.59. The molecule has 0 aromatic carbocycles. The van der Waals surface area contributed by atoms with Crippen molar-refractivity contribution in [3.63, 3.8) is 0 Å².